The van der Waals surface area contributed by atoms with Crippen molar-refractivity contribution in [1.82, 2.24) is 0 Å². The Labute approximate surface area is 116 Å². The molecule has 0 aliphatic heterocycles. The first-order valence-electron chi connectivity index (χ1n) is 6.25. The van der Waals surface area contributed by atoms with E-state index in [1.54, 1.807) is 24.3 Å². The summed E-state index contributed by atoms with van der Waals surface area (Å²) in [6, 6.07) is 12.9. The lowest BCUT2D eigenvalue weighted by Gasteiger charge is -2.15. The molecule has 1 atom stereocenters. The van der Waals surface area contributed by atoms with Gasteiger partial charge in [-0.3, -0.25) is 0 Å². The number of ether oxygens (including phenoxy) is 1. The standard InChI is InChI=1S/C16H15FO3/c1-11-3-2-4-14(9-11)20-15(16(18)19)10-12-5-7-13(17)8-6-12/h2-9,15H,10H2,1H3,(H,18,19)/t15-/m0/s1. The first kappa shape index (κ1) is 14.1. The summed E-state index contributed by atoms with van der Waals surface area (Å²) in [7, 11) is 0. The van der Waals surface area contributed by atoms with Crippen LogP contribution in [0, 0.1) is 12.7 Å². The number of carboxylic acids is 1. The van der Waals surface area contributed by atoms with Crippen molar-refractivity contribution in [1.29, 1.82) is 0 Å². The van der Waals surface area contributed by atoms with Crippen LogP contribution >= 0.6 is 0 Å². The zero-order valence-electron chi connectivity index (χ0n) is 11.0. The quantitative estimate of drug-likeness (QED) is 0.910. The third-order valence-electron chi connectivity index (χ3n) is 2.88. The number of aryl methyl sites for hydroxylation is 1. The van der Waals surface area contributed by atoms with Gasteiger partial charge in [0.15, 0.2) is 6.10 Å². The SMILES string of the molecule is Cc1cccc(O[C@@H](Cc2ccc(F)cc2)C(=O)O)c1. The minimum absolute atomic E-state index is 0.184. The molecule has 2 rings (SSSR count). The van der Waals surface area contributed by atoms with E-state index in [2.05, 4.69) is 0 Å². The molecule has 0 saturated heterocycles. The number of aliphatic carboxylic acids is 1. The molecule has 0 aromatic heterocycles. The summed E-state index contributed by atoms with van der Waals surface area (Å²) in [5.41, 5.74) is 1.71. The predicted octanol–water partition coefficient (Wildman–Crippen LogP) is 3.21. The van der Waals surface area contributed by atoms with Crippen LogP contribution in [-0.2, 0) is 11.2 Å². The Morgan fingerprint density at radius 2 is 1.95 bits per heavy atom. The first-order valence-corrected chi connectivity index (χ1v) is 6.25. The van der Waals surface area contributed by atoms with E-state index in [1.807, 2.05) is 19.1 Å². The molecule has 0 bridgehead atoms. The summed E-state index contributed by atoms with van der Waals surface area (Å²) in [6.07, 6.45) is -0.814. The van der Waals surface area contributed by atoms with E-state index in [9.17, 15) is 14.3 Å². The van der Waals surface area contributed by atoms with Crippen LogP contribution in [0.25, 0.3) is 0 Å². The maximum atomic E-state index is 12.8. The Bertz CT molecular complexity index is 593. The van der Waals surface area contributed by atoms with Crippen LogP contribution in [0.5, 0.6) is 5.75 Å². The van der Waals surface area contributed by atoms with Crippen LogP contribution in [0.15, 0.2) is 48.5 Å². The van der Waals surface area contributed by atoms with Crippen LogP contribution in [0.4, 0.5) is 4.39 Å². The fraction of sp³-hybridized carbons (Fsp3) is 0.188. The van der Waals surface area contributed by atoms with Crippen LogP contribution in [-0.4, -0.2) is 17.2 Å². The van der Waals surface area contributed by atoms with Crippen LogP contribution in [0.1, 0.15) is 11.1 Å². The van der Waals surface area contributed by atoms with E-state index in [1.165, 1.54) is 12.1 Å². The lowest BCUT2D eigenvalue weighted by molar-refractivity contribution is -0.145. The maximum Gasteiger partial charge on any atom is 0.345 e. The third-order valence-corrected chi connectivity index (χ3v) is 2.88. The highest BCUT2D eigenvalue weighted by molar-refractivity contribution is 5.73. The number of halogens is 1. The largest absolute Gasteiger partial charge is 0.478 e. The molecule has 0 aliphatic carbocycles. The van der Waals surface area contributed by atoms with Crippen LogP contribution in [0.2, 0.25) is 0 Å². The number of rotatable bonds is 5. The molecule has 0 saturated carbocycles. The summed E-state index contributed by atoms with van der Waals surface area (Å²) in [6.45, 7) is 1.91. The average molecular weight is 274 g/mol. The number of carboxylic acid groups (broad SMARTS) is 1. The van der Waals surface area contributed by atoms with Crippen molar-refractivity contribution < 1.29 is 19.0 Å². The van der Waals surface area contributed by atoms with Crippen molar-refractivity contribution in [2.24, 2.45) is 0 Å². The van der Waals surface area contributed by atoms with Crippen molar-refractivity contribution >= 4 is 5.97 Å². The molecule has 0 heterocycles. The zero-order valence-corrected chi connectivity index (χ0v) is 11.0. The van der Waals surface area contributed by atoms with Crippen molar-refractivity contribution in [2.75, 3.05) is 0 Å². The number of carbonyl (C=O) groups is 1. The highest BCUT2D eigenvalue weighted by Gasteiger charge is 2.20. The number of hydrogen-bond acceptors (Lipinski definition) is 2. The van der Waals surface area contributed by atoms with Gasteiger partial charge in [0.1, 0.15) is 11.6 Å². The van der Waals surface area contributed by atoms with Crippen molar-refractivity contribution in [3.05, 3.63) is 65.5 Å². The second-order valence-corrected chi connectivity index (χ2v) is 4.59. The van der Waals surface area contributed by atoms with Gasteiger partial charge in [-0.05, 0) is 42.3 Å². The average Bonchev–Trinajstić information content (AvgIpc) is 2.40. The number of hydrogen-bond donors (Lipinski definition) is 1. The van der Waals surface area contributed by atoms with Gasteiger partial charge in [-0.15, -0.1) is 0 Å². The second kappa shape index (κ2) is 6.19. The molecule has 2 aromatic carbocycles. The number of benzene rings is 2. The monoisotopic (exact) mass is 274 g/mol. The van der Waals surface area contributed by atoms with Gasteiger partial charge < -0.3 is 9.84 Å². The van der Waals surface area contributed by atoms with Crippen molar-refractivity contribution in [2.45, 2.75) is 19.4 Å². The molecule has 0 spiro atoms. The topological polar surface area (TPSA) is 46.5 Å². The summed E-state index contributed by atoms with van der Waals surface area (Å²) in [5.74, 6) is -0.879. The van der Waals surface area contributed by atoms with E-state index in [-0.39, 0.29) is 12.2 Å². The van der Waals surface area contributed by atoms with Gasteiger partial charge in [0.25, 0.3) is 0 Å². The minimum atomic E-state index is -1.05. The molecule has 0 unspecified atom stereocenters. The van der Waals surface area contributed by atoms with Crippen LogP contribution in [0.3, 0.4) is 0 Å². The smallest absolute Gasteiger partial charge is 0.345 e. The van der Waals surface area contributed by atoms with Gasteiger partial charge in [-0.25, -0.2) is 9.18 Å². The fourth-order valence-electron chi connectivity index (χ4n) is 1.87. The van der Waals surface area contributed by atoms with Gasteiger partial charge in [-0.2, -0.15) is 0 Å². The Hall–Kier alpha value is -2.36. The molecule has 0 radical (unpaired) electrons. The Kier molecular flexibility index (Phi) is 4.35. The molecule has 104 valence electrons. The predicted molar refractivity (Wildman–Crippen MR) is 73.3 cm³/mol. The molecule has 2 aromatic rings. The molecule has 1 N–H and O–H groups in total. The molecule has 20 heavy (non-hydrogen) atoms. The van der Waals surface area contributed by atoms with Gasteiger partial charge in [0, 0.05) is 6.42 Å². The van der Waals surface area contributed by atoms with Crippen LogP contribution < -0.4 is 4.74 Å². The summed E-state index contributed by atoms with van der Waals surface area (Å²) < 4.78 is 18.3. The molecule has 4 heteroatoms. The third kappa shape index (κ3) is 3.82. The summed E-state index contributed by atoms with van der Waals surface area (Å²) in [5, 5.41) is 9.22. The molecule has 0 fully saturated rings. The highest BCUT2D eigenvalue weighted by Crippen LogP contribution is 2.16. The maximum absolute atomic E-state index is 12.8. The Morgan fingerprint density at radius 3 is 2.55 bits per heavy atom. The van der Waals surface area contributed by atoms with E-state index in [4.69, 9.17) is 4.74 Å². The normalized spacial score (nSPS) is 11.9. The lowest BCUT2D eigenvalue weighted by atomic mass is 10.1. The minimum Gasteiger partial charge on any atom is -0.478 e. The second-order valence-electron chi connectivity index (χ2n) is 4.59. The van der Waals surface area contributed by atoms with Gasteiger partial charge >= 0.3 is 5.97 Å². The molecular weight excluding hydrogens is 259 g/mol. The Morgan fingerprint density at radius 1 is 1.25 bits per heavy atom. The van der Waals surface area contributed by atoms with Gasteiger partial charge in [-0.1, -0.05) is 24.3 Å². The highest BCUT2D eigenvalue weighted by atomic mass is 19.1. The summed E-state index contributed by atoms with van der Waals surface area (Å²) in [4.78, 5) is 11.3. The Balaban J connectivity index is 2.11. The molecule has 0 aliphatic rings. The lowest BCUT2D eigenvalue weighted by Crippen LogP contribution is -2.29. The van der Waals surface area contributed by atoms with Crippen molar-refractivity contribution in [3.8, 4) is 5.75 Å². The van der Waals surface area contributed by atoms with Gasteiger partial charge in [0.2, 0.25) is 0 Å². The van der Waals surface area contributed by atoms with Gasteiger partial charge in [0.05, 0.1) is 0 Å². The summed E-state index contributed by atoms with van der Waals surface area (Å²) >= 11 is 0. The fourth-order valence-corrected chi connectivity index (χ4v) is 1.87. The molecule has 0 amide bonds. The van der Waals surface area contributed by atoms with Crippen molar-refractivity contribution in [3.63, 3.8) is 0 Å². The van der Waals surface area contributed by atoms with E-state index in [0.29, 0.717) is 11.3 Å². The molecule has 3 nitrogen and oxygen atoms in total. The van der Waals surface area contributed by atoms with E-state index in [0.717, 1.165) is 5.56 Å². The first-order chi connectivity index (χ1) is 9.54. The van der Waals surface area contributed by atoms with E-state index < -0.39 is 12.1 Å². The zero-order chi connectivity index (χ0) is 14.5. The van der Waals surface area contributed by atoms with E-state index >= 15 is 0 Å². The molecular formula is C16H15FO3.